The minimum atomic E-state index is 0.525. The fourth-order valence-electron chi connectivity index (χ4n) is 5.51. The third-order valence-corrected chi connectivity index (χ3v) is 7.29. The Morgan fingerprint density at radius 1 is 0.538 bits per heavy atom. The summed E-state index contributed by atoms with van der Waals surface area (Å²) in [4.78, 5) is 7.02. The molecule has 2 heterocycles. The maximum Gasteiger partial charge on any atom is 0.307 e. The molecule has 6 aromatic carbocycles. The van der Waals surface area contributed by atoms with Crippen molar-refractivity contribution in [3.8, 4) is 11.1 Å². The predicted molar refractivity (Wildman–Crippen MR) is 159 cm³/mol. The summed E-state index contributed by atoms with van der Waals surface area (Å²) in [5, 5.41) is 4.40. The van der Waals surface area contributed by atoms with Gasteiger partial charge in [-0.25, -0.2) is 0 Å². The van der Waals surface area contributed by atoms with Crippen LogP contribution < -0.4 is 4.90 Å². The molecule has 0 bridgehead atoms. The molecule has 0 aliphatic rings. The van der Waals surface area contributed by atoms with Crippen molar-refractivity contribution in [2.24, 2.45) is 0 Å². The highest BCUT2D eigenvalue weighted by molar-refractivity contribution is 6.12. The first kappa shape index (κ1) is 21.7. The highest BCUT2D eigenvalue weighted by atomic mass is 16.4. The van der Waals surface area contributed by atoms with E-state index in [1.807, 2.05) is 60.7 Å². The van der Waals surface area contributed by atoms with Crippen molar-refractivity contribution >= 4 is 61.2 Å². The Morgan fingerprint density at radius 2 is 1.28 bits per heavy atom. The molecule has 0 spiro atoms. The number of para-hydroxylation sites is 2. The van der Waals surface area contributed by atoms with Gasteiger partial charge >= 0.3 is 6.01 Å². The molecule has 0 aliphatic carbocycles. The topological polar surface area (TPSA) is 42.4 Å². The molecular formula is C35H22N2O2. The zero-order valence-electron chi connectivity index (χ0n) is 20.9. The van der Waals surface area contributed by atoms with Gasteiger partial charge in [-0.1, -0.05) is 91.0 Å². The zero-order chi connectivity index (χ0) is 25.8. The first-order chi connectivity index (χ1) is 19.3. The lowest BCUT2D eigenvalue weighted by Crippen LogP contribution is -2.10. The monoisotopic (exact) mass is 502 g/mol. The smallest absolute Gasteiger partial charge is 0.307 e. The molecule has 8 aromatic rings. The number of aromatic nitrogens is 1. The second-order valence-electron chi connectivity index (χ2n) is 9.63. The van der Waals surface area contributed by atoms with Crippen LogP contribution in [0.4, 0.5) is 17.4 Å². The average molecular weight is 503 g/mol. The van der Waals surface area contributed by atoms with Crippen molar-refractivity contribution in [1.82, 2.24) is 4.98 Å². The molecule has 0 fully saturated rings. The Balaban J connectivity index is 1.34. The molecule has 0 saturated heterocycles. The van der Waals surface area contributed by atoms with Crippen LogP contribution in [0.15, 0.2) is 142 Å². The number of benzene rings is 6. The second-order valence-corrected chi connectivity index (χ2v) is 9.63. The van der Waals surface area contributed by atoms with Crippen LogP contribution in [-0.2, 0) is 0 Å². The Kier molecular flexibility index (Phi) is 4.79. The van der Waals surface area contributed by atoms with Crippen molar-refractivity contribution in [2.45, 2.75) is 0 Å². The van der Waals surface area contributed by atoms with Crippen molar-refractivity contribution in [1.29, 1.82) is 0 Å². The van der Waals surface area contributed by atoms with Gasteiger partial charge in [0.2, 0.25) is 0 Å². The van der Waals surface area contributed by atoms with Gasteiger partial charge in [-0.3, -0.25) is 4.90 Å². The molecule has 0 atom stereocenters. The van der Waals surface area contributed by atoms with Crippen LogP contribution >= 0.6 is 0 Å². The zero-order valence-corrected chi connectivity index (χ0v) is 20.9. The second kappa shape index (κ2) is 8.61. The maximum absolute atomic E-state index is 6.51. The van der Waals surface area contributed by atoms with Crippen LogP contribution in [0.1, 0.15) is 0 Å². The molecule has 8 rings (SSSR count). The quantitative estimate of drug-likeness (QED) is 0.240. The fraction of sp³-hybridized carbons (Fsp3) is 0. The molecule has 0 saturated carbocycles. The van der Waals surface area contributed by atoms with Crippen molar-refractivity contribution < 1.29 is 8.83 Å². The van der Waals surface area contributed by atoms with Gasteiger partial charge in [0.05, 0.1) is 11.4 Å². The van der Waals surface area contributed by atoms with Gasteiger partial charge < -0.3 is 8.83 Å². The van der Waals surface area contributed by atoms with Gasteiger partial charge in [-0.05, 0) is 59.0 Å². The Bertz CT molecular complexity index is 2140. The van der Waals surface area contributed by atoms with E-state index in [0.29, 0.717) is 6.01 Å². The van der Waals surface area contributed by atoms with E-state index in [9.17, 15) is 0 Å². The minimum Gasteiger partial charge on any atom is -0.456 e. The molecule has 184 valence electrons. The van der Waals surface area contributed by atoms with Crippen LogP contribution in [0.2, 0.25) is 0 Å². The number of hydrogen-bond acceptors (Lipinski definition) is 4. The first-order valence-corrected chi connectivity index (χ1v) is 13.0. The van der Waals surface area contributed by atoms with Crippen LogP contribution in [0.3, 0.4) is 0 Å². The number of rotatable bonds is 4. The lowest BCUT2D eigenvalue weighted by atomic mass is 9.99. The normalized spacial score (nSPS) is 11.6. The van der Waals surface area contributed by atoms with E-state index in [1.54, 1.807) is 0 Å². The summed E-state index contributed by atoms with van der Waals surface area (Å²) >= 11 is 0. The third-order valence-electron chi connectivity index (χ3n) is 7.29. The van der Waals surface area contributed by atoms with Gasteiger partial charge in [0.15, 0.2) is 5.58 Å². The first-order valence-electron chi connectivity index (χ1n) is 13.0. The fourth-order valence-corrected chi connectivity index (χ4v) is 5.51. The highest BCUT2D eigenvalue weighted by Gasteiger charge is 2.21. The number of oxazole rings is 1. The van der Waals surface area contributed by atoms with E-state index in [4.69, 9.17) is 13.8 Å². The van der Waals surface area contributed by atoms with Gasteiger partial charge in [0.1, 0.15) is 16.7 Å². The van der Waals surface area contributed by atoms with E-state index in [2.05, 4.69) is 77.7 Å². The predicted octanol–water partition coefficient (Wildman–Crippen LogP) is 10.0. The van der Waals surface area contributed by atoms with E-state index in [1.165, 1.54) is 0 Å². The summed E-state index contributed by atoms with van der Waals surface area (Å²) < 4.78 is 12.7. The van der Waals surface area contributed by atoms with Crippen LogP contribution in [0, 0.1) is 0 Å². The van der Waals surface area contributed by atoms with Gasteiger partial charge in [0.25, 0.3) is 0 Å². The molecule has 0 radical (unpaired) electrons. The van der Waals surface area contributed by atoms with Crippen molar-refractivity contribution in [3.05, 3.63) is 133 Å². The average Bonchev–Trinajstić information content (AvgIpc) is 3.60. The van der Waals surface area contributed by atoms with Crippen LogP contribution in [0.5, 0.6) is 0 Å². The molecule has 0 amide bonds. The number of furan rings is 1. The Morgan fingerprint density at radius 3 is 2.21 bits per heavy atom. The molecule has 0 unspecified atom stereocenters. The van der Waals surface area contributed by atoms with Crippen LogP contribution in [0.25, 0.3) is 54.9 Å². The maximum atomic E-state index is 6.51. The lowest BCUT2D eigenvalue weighted by molar-refractivity contribution is 0.611. The summed E-state index contributed by atoms with van der Waals surface area (Å²) in [6.45, 7) is 0. The molecule has 39 heavy (non-hydrogen) atoms. The number of fused-ring (bicyclic) bond motifs is 6. The summed E-state index contributed by atoms with van der Waals surface area (Å²) in [5.41, 5.74) is 7.52. The Labute approximate surface area is 224 Å². The van der Waals surface area contributed by atoms with Gasteiger partial charge in [-0.15, -0.1) is 0 Å². The number of hydrogen-bond donors (Lipinski definition) is 0. The summed E-state index contributed by atoms with van der Waals surface area (Å²) in [6, 6.07) is 46.0. The van der Waals surface area contributed by atoms with E-state index in [-0.39, 0.29) is 0 Å². The summed E-state index contributed by atoms with van der Waals surface area (Å²) in [6.07, 6.45) is 0. The Hall–Kier alpha value is -5.35. The van der Waals surface area contributed by atoms with Crippen LogP contribution in [-0.4, -0.2) is 4.98 Å². The number of nitrogens with zero attached hydrogens (tertiary/aromatic N) is 2. The highest BCUT2D eigenvalue weighted by Crippen LogP contribution is 2.41. The van der Waals surface area contributed by atoms with Gasteiger partial charge in [-0.2, -0.15) is 4.98 Å². The standard InChI is InChI=1S/C35H22N2O2/c1-2-12-25(13-3-1)37(35-36-30-21-20-23-10-4-5-15-28(23)34(30)39-35)26-14-8-11-24(22-26)27-17-9-19-32-33(27)29-16-6-7-18-31(29)38-32/h1-22H. The molecule has 0 aliphatic heterocycles. The third kappa shape index (κ3) is 3.50. The molecule has 4 heteroatoms. The molecule has 2 aromatic heterocycles. The summed E-state index contributed by atoms with van der Waals surface area (Å²) in [5.74, 6) is 0. The van der Waals surface area contributed by atoms with Crippen molar-refractivity contribution in [2.75, 3.05) is 4.90 Å². The SMILES string of the molecule is c1ccc(N(c2cccc(-c3cccc4oc5ccccc5c34)c2)c2nc3ccc4ccccc4c3o2)cc1. The van der Waals surface area contributed by atoms with Gasteiger partial charge in [0, 0.05) is 16.2 Å². The van der Waals surface area contributed by atoms with E-state index >= 15 is 0 Å². The number of anilines is 3. The van der Waals surface area contributed by atoms with E-state index in [0.717, 1.165) is 66.3 Å². The lowest BCUT2D eigenvalue weighted by Gasteiger charge is -2.21. The molecular weight excluding hydrogens is 480 g/mol. The van der Waals surface area contributed by atoms with Crippen molar-refractivity contribution in [3.63, 3.8) is 0 Å². The van der Waals surface area contributed by atoms with E-state index < -0.39 is 0 Å². The summed E-state index contributed by atoms with van der Waals surface area (Å²) in [7, 11) is 0. The molecule has 4 nitrogen and oxygen atoms in total. The minimum absolute atomic E-state index is 0.525. The molecule has 0 N–H and O–H groups in total. The largest absolute Gasteiger partial charge is 0.456 e.